The molecule has 1 aromatic heterocycles. The highest BCUT2D eigenvalue weighted by atomic mass is 16.5. The number of methoxy groups -OCH3 is 1. The van der Waals surface area contributed by atoms with Crippen LogP contribution >= 0.6 is 0 Å². The first-order valence-electron chi connectivity index (χ1n) is 7.20. The molecule has 0 bridgehead atoms. The summed E-state index contributed by atoms with van der Waals surface area (Å²) in [7, 11) is 1.70. The number of rotatable bonds is 12. The number of hydrogen-bond acceptors (Lipinski definition) is 5. The zero-order valence-corrected chi connectivity index (χ0v) is 12.6. The van der Waals surface area contributed by atoms with Gasteiger partial charge >= 0.3 is 0 Å². The lowest BCUT2D eigenvalue weighted by atomic mass is 10.3. The maximum absolute atomic E-state index is 5.57. The molecule has 1 aromatic rings. The van der Waals surface area contributed by atoms with E-state index < -0.39 is 0 Å². The van der Waals surface area contributed by atoms with Crippen LogP contribution in [0.1, 0.15) is 25.3 Å². The molecule has 1 heterocycles. The summed E-state index contributed by atoms with van der Waals surface area (Å²) in [5, 5.41) is 3.26. The summed E-state index contributed by atoms with van der Waals surface area (Å²) in [5.74, 6) is 0.906. The Balaban J connectivity index is 2.09. The smallest absolute Gasteiger partial charge is 0.126 e. The molecular formula is C15H26N2O3. The summed E-state index contributed by atoms with van der Waals surface area (Å²) in [6.45, 7) is 6.34. The molecule has 0 amide bonds. The van der Waals surface area contributed by atoms with Crippen molar-refractivity contribution in [1.82, 2.24) is 4.98 Å². The average Bonchev–Trinajstić information content (AvgIpc) is 2.48. The summed E-state index contributed by atoms with van der Waals surface area (Å²) >= 11 is 0. The zero-order valence-electron chi connectivity index (χ0n) is 12.6. The molecule has 114 valence electrons. The van der Waals surface area contributed by atoms with Crippen LogP contribution in [-0.4, -0.2) is 45.1 Å². The van der Waals surface area contributed by atoms with E-state index in [1.807, 2.05) is 12.1 Å². The van der Waals surface area contributed by atoms with Crippen LogP contribution in [0.5, 0.6) is 0 Å². The molecule has 0 saturated carbocycles. The molecule has 0 radical (unpaired) electrons. The molecule has 0 unspecified atom stereocenters. The van der Waals surface area contributed by atoms with E-state index in [1.165, 1.54) is 0 Å². The molecule has 0 spiro atoms. The molecule has 0 fully saturated rings. The quantitative estimate of drug-likeness (QED) is 0.597. The first-order valence-corrected chi connectivity index (χ1v) is 7.20. The lowest BCUT2D eigenvalue weighted by molar-refractivity contribution is 0.0337. The van der Waals surface area contributed by atoms with Gasteiger partial charge in [0.1, 0.15) is 5.82 Å². The van der Waals surface area contributed by atoms with Crippen LogP contribution in [0, 0.1) is 0 Å². The molecule has 5 nitrogen and oxygen atoms in total. The Hall–Kier alpha value is -1.17. The summed E-state index contributed by atoms with van der Waals surface area (Å²) in [6.07, 6.45) is 3.81. The molecule has 0 aliphatic heterocycles. The van der Waals surface area contributed by atoms with Gasteiger partial charge < -0.3 is 19.5 Å². The topological polar surface area (TPSA) is 52.6 Å². The van der Waals surface area contributed by atoms with Crippen LogP contribution in [-0.2, 0) is 20.8 Å². The van der Waals surface area contributed by atoms with E-state index in [-0.39, 0.29) is 0 Å². The number of ether oxygens (including phenoxy) is 3. The van der Waals surface area contributed by atoms with Crippen molar-refractivity contribution in [1.29, 1.82) is 0 Å². The zero-order chi connectivity index (χ0) is 14.5. The molecule has 0 aromatic carbocycles. The third-order valence-corrected chi connectivity index (χ3v) is 2.66. The van der Waals surface area contributed by atoms with Gasteiger partial charge in [0, 0.05) is 33.1 Å². The molecule has 1 N–H and O–H groups in total. The molecule has 0 saturated heterocycles. The van der Waals surface area contributed by atoms with Gasteiger partial charge in [-0.15, -0.1) is 0 Å². The lowest BCUT2D eigenvalue weighted by Gasteiger charge is -2.08. The van der Waals surface area contributed by atoms with E-state index in [9.17, 15) is 0 Å². The van der Waals surface area contributed by atoms with Crippen molar-refractivity contribution in [2.24, 2.45) is 0 Å². The Morgan fingerprint density at radius 2 is 2.00 bits per heavy atom. The maximum atomic E-state index is 5.57. The van der Waals surface area contributed by atoms with Gasteiger partial charge in [0.2, 0.25) is 0 Å². The SMILES string of the molecule is CCCNc1cc(COCCOCCCOC)ccn1. The van der Waals surface area contributed by atoms with Crippen molar-refractivity contribution in [2.45, 2.75) is 26.4 Å². The largest absolute Gasteiger partial charge is 0.385 e. The highest BCUT2D eigenvalue weighted by molar-refractivity contribution is 5.37. The number of nitrogens with zero attached hydrogens (tertiary/aromatic N) is 1. The Kier molecular flexibility index (Phi) is 9.83. The fraction of sp³-hybridized carbons (Fsp3) is 0.667. The van der Waals surface area contributed by atoms with Crippen LogP contribution in [0.25, 0.3) is 0 Å². The van der Waals surface area contributed by atoms with Crippen molar-refractivity contribution < 1.29 is 14.2 Å². The van der Waals surface area contributed by atoms with Crippen LogP contribution < -0.4 is 5.32 Å². The van der Waals surface area contributed by atoms with Crippen LogP contribution in [0.2, 0.25) is 0 Å². The normalized spacial score (nSPS) is 10.7. The minimum absolute atomic E-state index is 0.588. The highest BCUT2D eigenvalue weighted by Crippen LogP contribution is 2.08. The highest BCUT2D eigenvalue weighted by Gasteiger charge is 1.97. The van der Waals surface area contributed by atoms with Gasteiger partial charge in [-0.2, -0.15) is 0 Å². The minimum Gasteiger partial charge on any atom is -0.385 e. The van der Waals surface area contributed by atoms with Crippen LogP contribution in [0.3, 0.4) is 0 Å². The second-order valence-corrected chi connectivity index (χ2v) is 4.49. The number of nitrogens with one attached hydrogen (secondary N) is 1. The standard InChI is InChI=1S/C15H26N2O3/c1-3-6-16-15-12-14(5-7-17-15)13-20-11-10-19-9-4-8-18-2/h5,7,12H,3-4,6,8-11,13H2,1-2H3,(H,16,17). The van der Waals surface area contributed by atoms with Crippen molar-refractivity contribution in [3.63, 3.8) is 0 Å². The first kappa shape index (κ1) is 16.9. The van der Waals surface area contributed by atoms with Gasteiger partial charge in [-0.1, -0.05) is 6.92 Å². The van der Waals surface area contributed by atoms with Gasteiger partial charge in [0.25, 0.3) is 0 Å². The van der Waals surface area contributed by atoms with Crippen LogP contribution in [0.15, 0.2) is 18.3 Å². The Morgan fingerprint density at radius 1 is 1.15 bits per heavy atom. The number of hydrogen-bond donors (Lipinski definition) is 1. The third kappa shape index (κ3) is 8.09. The Labute approximate surface area is 121 Å². The van der Waals surface area contributed by atoms with Crippen molar-refractivity contribution in [2.75, 3.05) is 45.4 Å². The minimum atomic E-state index is 0.588. The van der Waals surface area contributed by atoms with Crippen molar-refractivity contribution >= 4 is 5.82 Å². The van der Waals surface area contributed by atoms with Crippen molar-refractivity contribution in [3.8, 4) is 0 Å². The molecule has 1 rings (SSSR count). The lowest BCUT2D eigenvalue weighted by Crippen LogP contribution is -2.07. The predicted octanol–water partition coefficient (Wildman–Crippen LogP) is 2.47. The van der Waals surface area contributed by atoms with E-state index in [1.54, 1.807) is 13.3 Å². The third-order valence-electron chi connectivity index (χ3n) is 2.66. The molecular weight excluding hydrogens is 256 g/mol. The molecule has 20 heavy (non-hydrogen) atoms. The van der Waals surface area contributed by atoms with Gasteiger partial charge in [-0.25, -0.2) is 4.98 Å². The van der Waals surface area contributed by atoms with E-state index in [2.05, 4.69) is 17.2 Å². The van der Waals surface area contributed by atoms with Crippen molar-refractivity contribution in [3.05, 3.63) is 23.9 Å². The summed E-state index contributed by atoms with van der Waals surface area (Å²) in [6, 6.07) is 3.99. The average molecular weight is 282 g/mol. The number of anilines is 1. The molecule has 0 atom stereocenters. The monoisotopic (exact) mass is 282 g/mol. The second-order valence-electron chi connectivity index (χ2n) is 4.49. The predicted molar refractivity (Wildman–Crippen MR) is 80.0 cm³/mol. The molecule has 0 aliphatic rings. The fourth-order valence-corrected chi connectivity index (χ4v) is 1.63. The molecule has 0 aliphatic carbocycles. The van der Waals surface area contributed by atoms with E-state index >= 15 is 0 Å². The van der Waals surface area contributed by atoms with E-state index in [4.69, 9.17) is 14.2 Å². The fourth-order valence-electron chi connectivity index (χ4n) is 1.63. The summed E-state index contributed by atoms with van der Waals surface area (Å²) in [4.78, 5) is 4.26. The number of pyridine rings is 1. The maximum Gasteiger partial charge on any atom is 0.126 e. The second kappa shape index (κ2) is 11.6. The van der Waals surface area contributed by atoms with E-state index in [0.717, 1.165) is 44.0 Å². The van der Waals surface area contributed by atoms with Crippen LogP contribution in [0.4, 0.5) is 5.82 Å². The van der Waals surface area contributed by atoms with E-state index in [0.29, 0.717) is 19.8 Å². The summed E-state index contributed by atoms with van der Waals surface area (Å²) in [5.41, 5.74) is 1.12. The summed E-state index contributed by atoms with van der Waals surface area (Å²) < 4.78 is 15.9. The van der Waals surface area contributed by atoms with Gasteiger partial charge in [-0.05, 0) is 30.5 Å². The van der Waals surface area contributed by atoms with Gasteiger partial charge in [0.15, 0.2) is 0 Å². The Morgan fingerprint density at radius 3 is 2.80 bits per heavy atom. The Bertz CT molecular complexity index is 348. The first-order chi connectivity index (χ1) is 9.86. The number of aromatic nitrogens is 1. The van der Waals surface area contributed by atoms with Gasteiger partial charge in [-0.3, -0.25) is 0 Å². The van der Waals surface area contributed by atoms with Gasteiger partial charge in [0.05, 0.1) is 19.8 Å². The molecule has 5 heteroatoms.